The van der Waals surface area contributed by atoms with Gasteiger partial charge in [-0.25, -0.2) is 13.1 Å². The number of nitrogens with one attached hydrogen (secondary N) is 2. The molecule has 102 valence electrons. The lowest BCUT2D eigenvalue weighted by Crippen LogP contribution is -2.45. The zero-order chi connectivity index (χ0) is 12.3. The summed E-state index contributed by atoms with van der Waals surface area (Å²) in [5.74, 6) is 0. The van der Waals surface area contributed by atoms with Gasteiger partial charge < -0.3 is 5.32 Å². The van der Waals surface area contributed by atoms with E-state index in [0.29, 0.717) is 11.4 Å². The van der Waals surface area contributed by atoms with E-state index in [1.54, 1.807) is 24.3 Å². The van der Waals surface area contributed by atoms with Crippen LogP contribution in [0.1, 0.15) is 12.8 Å². The van der Waals surface area contributed by atoms with Crippen LogP contribution in [0.15, 0.2) is 33.6 Å². The molecule has 1 aromatic rings. The summed E-state index contributed by atoms with van der Waals surface area (Å²) in [4.78, 5) is 0.311. The zero-order valence-corrected chi connectivity index (χ0v) is 12.9. The molecule has 1 saturated heterocycles. The third-order valence-electron chi connectivity index (χ3n) is 2.74. The normalized spacial score (nSPS) is 20.2. The average molecular weight is 356 g/mol. The van der Waals surface area contributed by atoms with Gasteiger partial charge in [-0.2, -0.15) is 0 Å². The van der Waals surface area contributed by atoms with Crippen LogP contribution < -0.4 is 10.0 Å². The molecule has 0 aromatic heterocycles. The van der Waals surface area contributed by atoms with Crippen LogP contribution in [-0.2, 0) is 10.0 Å². The third-order valence-corrected chi connectivity index (χ3v) is 4.81. The summed E-state index contributed by atoms with van der Waals surface area (Å²) in [6, 6.07) is 6.66. The number of hydrogen-bond acceptors (Lipinski definition) is 3. The van der Waals surface area contributed by atoms with Crippen molar-refractivity contribution >= 4 is 38.4 Å². The van der Waals surface area contributed by atoms with Crippen molar-refractivity contribution in [2.45, 2.75) is 23.8 Å². The van der Waals surface area contributed by atoms with Crippen LogP contribution in [0.5, 0.6) is 0 Å². The van der Waals surface area contributed by atoms with Gasteiger partial charge in [0.2, 0.25) is 10.0 Å². The fourth-order valence-electron chi connectivity index (χ4n) is 1.85. The van der Waals surface area contributed by atoms with Gasteiger partial charge in [-0.15, -0.1) is 12.4 Å². The number of rotatable bonds is 3. The Morgan fingerprint density at radius 1 is 1.28 bits per heavy atom. The Balaban J connectivity index is 0.00000162. The molecule has 1 fully saturated rings. The van der Waals surface area contributed by atoms with Crippen molar-refractivity contribution in [3.8, 4) is 0 Å². The number of piperidine rings is 1. The summed E-state index contributed by atoms with van der Waals surface area (Å²) >= 11 is 3.29. The SMILES string of the molecule is Cl.O=S(=O)(NC1CCCNC1)c1ccc(Br)cc1. The predicted octanol–water partition coefficient (Wildman–Crippen LogP) is 1.90. The maximum atomic E-state index is 12.1. The first-order valence-electron chi connectivity index (χ1n) is 5.56. The lowest BCUT2D eigenvalue weighted by molar-refractivity contribution is 0.428. The highest BCUT2D eigenvalue weighted by Crippen LogP contribution is 2.15. The summed E-state index contributed by atoms with van der Waals surface area (Å²) < 4.78 is 27.7. The second-order valence-electron chi connectivity index (χ2n) is 4.12. The van der Waals surface area contributed by atoms with Crippen molar-refractivity contribution in [3.63, 3.8) is 0 Å². The van der Waals surface area contributed by atoms with E-state index >= 15 is 0 Å². The smallest absolute Gasteiger partial charge is 0.240 e. The molecule has 2 N–H and O–H groups in total. The molecule has 7 heteroatoms. The van der Waals surface area contributed by atoms with Crippen molar-refractivity contribution in [2.75, 3.05) is 13.1 Å². The van der Waals surface area contributed by atoms with E-state index in [-0.39, 0.29) is 18.4 Å². The first-order chi connectivity index (χ1) is 8.08. The highest BCUT2D eigenvalue weighted by molar-refractivity contribution is 9.10. The second kappa shape index (κ2) is 6.86. The molecule has 1 unspecified atom stereocenters. The van der Waals surface area contributed by atoms with E-state index in [9.17, 15) is 8.42 Å². The van der Waals surface area contributed by atoms with Crippen molar-refractivity contribution in [1.82, 2.24) is 10.0 Å². The van der Waals surface area contributed by atoms with Gasteiger partial charge in [0.05, 0.1) is 4.90 Å². The molecular weight excluding hydrogens is 340 g/mol. The summed E-state index contributed by atoms with van der Waals surface area (Å²) in [6.07, 6.45) is 1.90. The molecule has 0 spiro atoms. The number of benzene rings is 1. The molecule has 18 heavy (non-hydrogen) atoms. The van der Waals surface area contributed by atoms with Crippen LogP contribution in [0.2, 0.25) is 0 Å². The van der Waals surface area contributed by atoms with Gasteiger partial charge in [0, 0.05) is 17.1 Å². The van der Waals surface area contributed by atoms with E-state index in [0.717, 1.165) is 23.9 Å². The van der Waals surface area contributed by atoms with E-state index in [2.05, 4.69) is 26.0 Å². The Morgan fingerprint density at radius 3 is 2.50 bits per heavy atom. The molecule has 0 aliphatic carbocycles. The maximum Gasteiger partial charge on any atom is 0.240 e. The van der Waals surface area contributed by atoms with E-state index in [4.69, 9.17) is 0 Å². The molecule has 1 aromatic carbocycles. The Hall–Kier alpha value is -0.140. The molecule has 1 aliphatic heterocycles. The topological polar surface area (TPSA) is 58.2 Å². The molecule has 2 rings (SSSR count). The van der Waals surface area contributed by atoms with Crippen molar-refractivity contribution in [3.05, 3.63) is 28.7 Å². The Labute approximate surface area is 122 Å². The van der Waals surface area contributed by atoms with Gasteiger partial charge in [0.25, 0.3) is 0 Å². The minimum absolute atomic E-state index is 0. The number of sulfonamides is 1. The summed E-state index contributed by atoms with van der Waals surface area (Å²) in [5, 5.41) is 3.18. The third kappa shape index (κ3) is 4.20. The van der Waals surface area contributed by atoms with E-state index in [1.807, 2.05) is 0 Å². The Bertz CT molecular complexity index is 472. The van der Waals surface area contributed by atoms with E-state index < -0.39 is 10.0 Å². The molecule has 4 nitrogen and oxygen atoms in total. The van der Waals surface area contributed by atoms with Crippen LogP contribution in [0, 0.1) is 0 Å². The average Bonchev–Trinajstić information content (AvgIpc) is 2.30. The van der Waals surface area contributed by atoms with Crippen molar-refractivity contribution in [1.29, 1.82) is 0 Å². The Kier molecular flexibility index (Phi) is 6.07. The van der Waals surface area contributed by atoms with E-state index in [1.165, 1.54) is 0 Å². The predicted molar refractivity (Wildman–Crippen MR) is 77.6 cm³/mol. The number of hydrogen-bond donors (Lipinski definition) is 2. The minimum Gasteiger partial charge on any atom is -0.315 e. The van der Waals surface area contributed by atoms with Crippen LogP contribution in [0.25, 0.3) is 0 Å². The standard InChI is InChI=1S/C11H15BrN2O2S.ClH/c12-9-3-5-11(6-4-9)17(15,16)14-10-2-1-7-13-8-10;/h3-6,10,13-14H,1-2,7-8H2;1H. The maximum absolute atomic E-state index is 12.1. The first-order valence-corrected chi connectivity index (χ1v) is 7.84. The van der Waals surface area contributed by atoms with Crippen molar-refractivity contribution in [2.24, 2.45) is 0 Å². The lowest BCUT2D eigenvalue weighted by atomic mass is 10.1. The van der Waals surface area contributed by atoms with Gasteiger partial charge >= 0.3 is 0 Å². The van der Waals surface area contributed by atoms with Crippen LogP contribution in [-0.4, -0.2) is 27.5 Å². The minimum atomic E-state index is -3.39. The largest absolute Gasteiger partial charge is 0.315 e. The second-order valence-corrected chi connectivity index (χ2v) is 6.75. The summed E-state index contributed by atoms with van der Waals surface area (Å²) in [6.45, 7) is 1.67. The fourth-order valence-corrected chi connectivity index (χ4v) is 3.39. The molecule has 1 heterocycles. The van der Waals surface area contributed by atoms with Gasteiger partial charge in [0.1, 0.15) is 0 Å². The summed E-state index contributed by atoms with van der Waals surface area (Å²) in [5.41, 5.74) is 0. The zero-order valence-electron chi connectivity index (χ0n) is 9.73. The van der Waals surface area contributed by atoms with Gasteiger partial charge in [0.15, 0.2) is 0 Å². The monoisotopic (exact) mass is 354 g/mol. The lowest BCUT2D eigenvalue weighted by Gasteiger charge is -2.23. The van der Waals surface area contributed by atoms with Crippen LogP contribution in [0.4, 0.5) is 0 Å². The van der Waals surface area contributed by atoms with Crippen molar-refractivity contribution < 1.29 is 8.42 Å². The molecule has 1 aliphatic rings. The van der Waals surface area contributed by atoms with Gasteiger partial charge in [-0.1, -0.05) is 15.9 Å². The molecule has 0 radical (unpaired) electrons. The summed E-state index contributed by atoms with van der Waals surface area (Å²) in [7, 11) is -3.39. The molecule has 1 atom stereocenters. The molecule has 0 bridgehead atoms. The van der Waals surface area contributed by atoms with Crippen LogP contribution in [0.3, 0.4) is 0 Å². The quantitative estimate of drug-likeness (QED) is 0.870. The highest BCUT2D eigenvalue weighted by Gasteiger charge is 2.21. The molecule has 0 amide bonds. The fraction of sp³-hybridized carbons (Fsp3) is 0.455. The molecule has 0 saturated carbocycles. The Morgan fingerprint density at radius 2 is 1.94 bits per heavy atom. The molecular formula is C11H16BrClN2O2S. The van der Waals surface area contributed by atoms with Gasteiger partial charge in [-0.3, -0.25) is 0 Å². The first kappa shape index (κ1) is 15.9. The van der Waals surface area contributed by atoms with Crippen LogP contribution >= 0.6 is 28.3 Å². The van der Waals surface area contributed by atoms with Gasteiger partial charge in [-0.05, 0) is 43.7 Å². The highest BCUT2D eigenvalue weighted by atomic mass is 79.9. The number of halogens is 2.